The average Bonchev–Trinajstić information content (AvgIpc) is 3.00. The summed E-state index contributed by atoms with van der Waals surface area (Å²) in [7, 11) is 0. The van der Waals surface area contributed by atoms with Crippen molar-refractivity contribution in [1.29, 1.82) is 0 Å². The van der Waals surface area contributed by atoms with Crippen molar-refractivity contribution in [3.05, 3.63) is 42.0 Å². The molecule has 0 aromatic heterocycles. The Balaban J connectivity index is 2.50. The Hall–Kier alpha value is -3.44. The highest BCUT2D eigenvalue weighted by atomic mass is 16.6. The summed E-state index contributed by atoms with van der Waals surface area (Å²) in [5, 5.41) is 21.7. The van der Waals surface area contributed by atoms with Gasteiger partial charge in [0.15, 0.2) is 0 Å². The third-order valence-corrected chi connectivity index (χ3v) is 9.01. The number of allylic oxidation sites excluding steroid dienone is 2. The lowest BCUT2D eigenvalue weighted by Gasteiger charge is -2.33. The number of benzene rings is 1. The molecule has 1 aromatic carbocycles. The third kappa shape index (κ3) is 13.3. The van der Waals surface area contributed by atoms with Crippen LogP contribution in [-0.2, 0) is 30.4 Å². The molecule has 5 atom stereocenters. The summed E-state index contributed by atoms with van der Waals surface area (Å²) in [6.45, 7) is 13.5. The fraction of sp³-hybridized carbons (Fsp3) is 0.667. The van der Waals surface area contributed by atoms with Gasteiger partial charge < -0.3 is 31.2 Å². The maximum atomic E-state index is 13.9. The van der Waals surface area contributed by atoms with Gasteiger partial charge in [-0.05, 0) is 81.4 Å². The number of carbonyl (C=O) groups is 4. The molecule has 0 saturated heterocycles. The Bertz CT molecular complexity index is 1200. The van der Waals surface area contributed by atoms with Gasteiger partial charge >= 0.3 is 0 Å². The summed E-state index contributed by atoms with van der Waals surface area (Å²) in [6.07, 6.45) is 9.75. The van der Waals surface area contributed by atoms with Gasteiger partial charge in [-0.15, -0.1) is 0 Å². The maximum Gasteiger partial charge on any atom is 0.243 e. The van der Waals surface area contributed by atoms with E-state index in [2.05, 4.69) is 33.4 Å². The Kier molecular flexibility index (Phi) is 15.9. The van der Waals surface area contributed by atoms with Crippen molar-refractivity contribution in [3.63, 3.8) is 0 Å². The van der Waals surface area contributed by atoms with Gasteiger partial charge in [-0.25, -0.2) is 5.90 Å². The predicted octanol–water partition coefficient (Wildman–Crippen LogP) is 4.18. The number of phenols is 1. The second-order valence-electron chi connectivity index (χ2n) is 14.5. The SMILES string of the molecule is CC[C@H](C)[C@@H]1NC(=O)C(Cc2ccc(O)cc2)NC(=O)C(C)(C)CCC/C=C\CCCC(C)(CON)NC(=O)C(CC(C)C)NC1=O. The molecule has 264 valence electrons. The van der Waals surface area contributed by atoms with Gasteiger partial charge in [0.25, 0.3) is 0 Å². The van der Waals surface area contributed by atoms with E-state index < -0.39 is 40.9 Å². The molecule has 0 saturated carbocycles. The molecule has 1 aliphatic rings. The Morgan fingerprint density at radius 2 is 1.49 bits per heavy atom. The summed E-state index contributed by atoms with van der Waals surface area (Å²) in [5.74, 6) is 3.79. The summed E-state index contributed by atoms with van der Waals surface area (Å²) in [6, 6.07) is 3.66. The van der Waals surface area contributed by atoms with Crippen LogP contribution in [0.3, 0.4) is 0 Å². The van der Waals surface area contributed by atoms with E-state index >= 15 is 0 Å². The molecule has 1 aromatic rings. The maximum absolute atomic E-state index is 13.9. The lowest BCUT2D eigenvalue weighted by Crippen LogP contribution is -2.61. The summed E-state index contributed by atoms with van der Waals surface area (Å²) < 4.78 is 0. The summed E-state index contributed by atoms with van der Waals surface area (Å²) in [4.78, 5) is 60.1. The average molecular weight is 658 g/mol. The molecule has 0 aliphatic carbocycles. The van der Waals surface area contributed by atoms with Crippen molar-refractivity contribution >= 4 is 23.6 Å². The second-order valence-corrected chi connectivity index (χ2v) is 14.5. The van der Waals surface area contributed by atoms with Crippen LogP contribution in [0.1, 0.15) is 105 Å². The minimum atomic E-state index is -0.980. The zero-order valence-electron chi connectivity index (χ0n) is 29.5. The fourth-order valence-electron chi connectivity index (χ4n) is 5.71. The van der Waals surface area contributed by atoms with Crippen LogP contribution in [0.25, 0.3) is 0 Å². The first kappa shape index (κ1) is 39.7. The van der Waals surface area contributed by atoms with Gasteiger partial charge in [0.05, 0.1) is 12.1 Å². The molecule has 0 bridgehead atoms. The van der Waals surface area contributed by atoms with Crippen LogP contribution in [0, 0.1) is 17.3 Å². The number of carbonyl (C=O) groups excluding carboxylic acids is 4. The number of aromatic hydroxyl groups is 1. The number of phenolic OH excluding ortho intramolecular Hbond substituents is 1. The molecular formula is C36H59N5O6. The summed E-state index contributed by atoms with van der Waals surface area (Å²) >= 11 is 0. The minimum Gasteiger partial charge on any atom is -0.508 e. The molecule has 0 spiro atoms. The van der Waals surface area contributed by atoms with E-state index in [4.69, 9.17) is 10.7 Å². The van der Waals surface area contributed by atoms with Crippen molar-refractivity contribution in [2.24, 2.45) is 23.1 Å². The minimum absolute atomic E-state index is 0.0903. The van der Waals surface area contributed by atoms with E-state index in [0.29, 0.717) is 25.7 Å². The normalized spacial score (nSPS) is 27.0. The molecule has 11 nitrogen and oxygen atoms in total. The zero-order valence-corrected chi connectivity index (χ0v) is 29.5. The molecule has 47 heavy (non-hydrogen) atoms. The number of nitrogens with one attached hydrogen (secondary N) is 4. The lowest BCUT2D eigenvalue weighted by molar-refractivity contribution is -0.137. The number of nitrogens with two attached hydrogens (primary N) is 1. The quantitative estimate of drug-likeness (QED) is 0.180. The zero-order chi connectivity index (χ0) is 35.2. The van der Waals surface area contributed by atoms with Crippen LogP contribution in [0.4, 0.5) is 0 Å². The predicted molar refractivity (Wildman–Crippen MR) is 184 cm³/mol. The monoisotopic (exact) mass is 657 g/mol. The topological polar surface area (TPSA) is 172 Å². The lowest BCUT2D eigenvalue weighted by atomic mass is 9.85. The molecule has 1 heterocycles. The molecular weight excluding hydrogens is 598 g/mol. The van der Waals surface area contributed by atoms with Crippen molar-refractivity contribution in [1.82, 2.24) is 21.3 Å². The molecule has 3 unspecified atom stereocenters. The first-order valence-electron chi connectivity index (χ1n) is 17.1. The van der Waals surface area contributed by atoms with Crippen molar-refractivity contribution in [2.75, 3.05) is 6.61 Å². The summed E-state index contributed by atoms with van der Waals surface area (Å²) in [5.41, 5.74) is -0.757. The highest BCUT2D eigenvalue weighted by molar-refractivity contribution is 5.95. The second kappa shape index (κ2) is 18.8. The van der Waals surface area contributed by atoms with Crippen molar-refractivity contribution in [3.8, 4) is 5.75 Å². The van der Waals surface area contributed by atoms with E-state index in [0.717, 1.165) is 31.2 Å². The first-order valence-corrected chi connectivity index (χ1v) is 17.1. The van der Waals surface area contributed by atoms with Crippen LogP contribution in [0.5, 0.6) is 5.75 Å². The van der Waals surface area contributed by atoms with Crippen LogP contribution in [-0.4, -0.2) is 59.0 Å². The number of rotatable bonds is 8. The number of hydrogen-bond donors (Lipinski definition) is 6. The first-order chi connectivity index (χ1) is 22.1. The fourth-order valence-corrected chi connectivity index (χ4v) is 5.71. The van der Waals surface area contributed by atoms with Crippen LogP contribution < -0.4 is 27.2 Å². The van der Waals surface area contributed by atoms with Crippen molar-refractivity contribution < 1.29 is 29.1 Å². The van der Waals surface area contributed by atoms with E-state index in [1.807, 2.05) is 48.5 Å². The van der Waals surface area contributed by atoms with E-state index in [-0.39, 0.29) is 42.4 Å². The van der Waals surface area contributed by atoms with E-state index in [1.165, 1.54) is 12.1 Å². The number of amides is 4. The Labute approximate surface area is 281 Å². The van der Waals surface area contributed by atoms with Crippen LogP contribution >= 0.6 is 0 Å². The van der Waals surface area contributed by atoms with Gasteiger partial charge in [0, 0.05) is 11.8 Å². The largest absolute Gasteiger partial charge is 0.508 e. The highest BCUT2D eigenvalue weighted by Crippen LogP contribution is 2.25. The van der Waals surface area contributed by atoms with Gasteiger partial charge in [-0.3, -0.25) is 19.2 Å². The molecule has 2 rings (SSSR count). The van der Waals surface area contributed by atoms with Gasteiger partial charge in [-0.1, -0.05) is 72.2 Å². The van der Waals surface area contributed by atoms with Crippen LogP contribution in [0.15, 0.2) is 36.4 Å². The molecule has 0 fully saturated rings. The van der Waals surface area contributed by atoms with Gasteiger partial charge in [0.1, 0.15) is 23.9 Å². The molecule has 4 amide bonds. The smallest absolute Gasteiger partial charge is 0.243 e. The third-order valence-electron chi connectivity index (χ3n) is 9.01. The molecule has 11 heteroatoms. The molecule has 0 radical (unpaired) electrons. The van der Waals surface area contributed by atoms with E-state index in [1.54, 1.807) is 12.1 Å². The van der Waals surface area contributed by atoms with E-state index in [9.17, 15) is 24.3 Å². The molecule has 1 aliphatic heterocycles. The Morgan fingerprint density at radius 1 is 0.872 bits per heavy atom. The highest BCUT2D eigenvalue weighted by Gasteiger charge is 2.36. The molecule has 7 N–H and O–H groups in total. The van der Waals surface area contributed by atoms with Crippen LogP contribution in [0.2, 0.25) is 0 Å². The van der Waals surface area contributed by atoms with Crippen molar-refractivity contribution in [2.45, 2.75) is 130 Å². The van der Waals surface area contributed by atoms with Gasteiger partial charge in [-0.2, -0.15) is 0 Å². The Morgan fingerprint density at radius 3 is 2.06 bits per heavy atom. The van der Waals surface area contributed by atoms with Gasteiger partial charge in [0.2, 0.25) is 23.6 Å². The number of hydrogen-bond acceptors (Lipinski definition) is 7. The standard InChI is InChI=1S/C36H59N5O6/c1-8-25(4)30-33(45)38-28(21-24(2)3)32(44)41-36(7,23-47-37)20-14-12-10-9-11-13-19-35(5,6)34(46)39-29(31(43)40-30)22-26-15-17-27(42)18-16-26/h9-10,15-18,24-25,28-30,42H,8,11-14,19-23,37H2,1-7H3,(H,38,45)(H,39,46)(H,40,43)(H,41,44)/b10-9-/t25-,28?,29?,30-,36?/m0/s1.